The minimum absolute atomic E-state index is 0.0432. The van der Waals surface area contributed by atoms with Crippen LogP contribution in [0.2, 0.25) is 19.6 Å². The van der Waals surface area contributed by atoms with Gasteiger partial charge in [-0.25, -0.2) is 5.48 Å². The van der Waals surface area contributed by atoms with Crippen molar-refractivity contribution in [3.8, 4) is 11.5 Å². The zero-order chi connectivity index (χ0) is 23.0. The lowest BCUT2D eigenvalue weighted by Crippen LogP contribution is -2.45. The van der Waals surface area contributed by atoms with Gasteiger partial charge in [0.25, 0.3) is 5.91 Å². The highest BCUT2D eigenvalue weighted by atomic mass is 28.4. The van der Waals surface area contributed by atoms with E-state index < -0.39 is 8.32 Å². The quantitative estimate of drug-likeness (QED) is 0.226. The number of carbonyl (C=O) groups excluding carboxylic acids is 1. The number of aryl methyl sites for hydroxylation is 1. The van der Waals surface area contributed by atoms with Crippen molar-refractivity contribution in [1.29, 1.82) is 0 Å². The van der Waals surface area contributed by atoms with E-state index in [0.29, 0.717) is 11.3 Å². The summed E-state index contributed by atoms with van der Waals surface area (Å²) in [6, 6.07) is 1.99. The fraction of sp³-hybridized carbons (Fsp3) is 0.640. The number of nitrogens with one attached hydrogen (secondary N) is 1. The van der Waals surface area contributed by atoms with Crippen LogP contribution in [0.25, 0.3) is 0 Å². The van der Waals surface area contributed by atoms with E-state index in [1.807, 2.05) is 25.7 Å². The summed E-state index contributed by atoms with van der Waals surface area (Å²) in [6.45, 7) is 14.6. The smallest absolute Gasteiger partial charge is 0.277 e. The van der Waals surface area contributed by atoms with Gasteiger partial charge in [0, 0.05) is 17.4 Å². The number of fused-ring (bicyclic) bond motifs is 3. The van der Waals surface area contributed by atoms with Crippen LogP contribution in [0.1, 0.15) is 87.2 Å². The molecule has 0 fully saturated rings. The molecule has 31 heavy (non-hydrogen) atoms. The normalized spacial score (nSPS) is 22.1. The minimum atomic E-state index is -1.95. The van der Waals surface area contributed by atoms with Gasteiger partial charge in [0.15, 0.2) is 0 Å². The summed E-state index contributed by atoms with van der Waals surface area (Å²) in [4.78, 5) is 13.2. The van der Waals surface area contributed by atoms with E-state index in [1.165, 1.54) is 5.57 Å². The number of allylic oxidation sites excluding steroid dienone is 2. The largest absolute Gasteiger partial charge is 0.507 e. The fourth-order valence-corrected chi connectivity index (χ4v) is 5.28. The molecule has 0 saturated carbocycles. The van der Waals surface area contributed by atoms with Crippen LogP contribution in [-0.2, 0) is 10.9 Å². The first-order chi connectivity index (χ1) is 14.4. The predicted molar refractivity (Wildman–Crippen MR) is 127 cm³/mol. The molecule has 172 valence electrons. The lowest BCUT2D eigenvalue weighted by Gasteiger charge is -2.46. The second kappa shape index (κ2) is 8.98. The lowest BCUT2D eigenvalue weighted by atomic mass is 9.67. The first kappa shape index (κ1) is 23.9. The molecular formula is C25H39NO4Si. The van der Waals surface area contributed by atoms with Crippen molar-refractivity contribution in [2.24, 2.45) is 5.92 Å². The molecule has 3 rings (SSSR count). The van der Waals surface area contributed by atoms with Crippen molar-refractivity contribution in [2.75, 3.05) is 0 Å². The van der Waals surface area contributed by atoms with Gasteiger partial charge in [-0.15, -0.1) is 0 Å². The Morgan fingerprint density at radius 2 is 2.03 bits per heavy atom. The minimum Gasteiger partial charge on any atom is -0.507 e. The molecule has 6 heteroatoms. The van der Waals surface area contributed by atoms with E-state index in [4.69, 9.17) is 9.26 Å². The maximum atomic E-state index is 13.2. The van der Waals surface area contributed by atoms with E-state index in [9.17, 15) is 9.90 Å². The molecular weight excluding hydrogens is 406 g/mol. The van der Waals surface area contributed by atoms with E-state index in [-0.39, 0.29) is 29.1 Å². The Labute approximate surface area is 188 Å². The van der Waals surface area contributed by atoms with Crippen molar-refractivity contribution in [1.82, 2.24) is 5.48 Å². The summed E-state index contributed by atoms with van der Waals surface area (Å²) >= 11 is 0. The van der Waals surface area contributed by atoms with Gasteiger partial charge in [-0.3, -0.25) is 4.79 Å². The molecule has 1 aliphatic heterocycles. The molecule has 1 heterocycles. The van der Waals surface area contributed by atoms with Crippen LogP contribution in [0.5, 0.6) is 11.5 Å². The van der Waals surface area contributed by atoms with Gasteiger partial charge in [0.2, 0.25) is 8.32 Å². The van der Waals surface area contributed by atoms with E-state index >= 15 is 0 Å². The summed E-state index contributed by atoms with van der Waals surface area (Å²) in [7, 11) is -1.95. The van der Waals surface area contributed by atoms with Crippen molar-refractivity contribution < 1.29 is 19.2 Å². The highest BCUT2D eigenvalue weighted by Gasteiger charge is 2.46. The number of hydroxylamine groups is 1. The summed E-state index contributed by atoms with van der Waals surface area (Å²) in [6.07, 6.45) is 8.15. The summed E-state index contributed by atoms with van der Waals surface area (Å²) < 4.78 is 12.1. The van der Waals surface area contributed by atoms with E-state index in [0.717, 1.165) is 49.7 Å². The molecule has 0 saturated heterocycles. The zero-order valence-corrected chi connectivity index (χ0v) is 21.2. The second-order valence-electron chi connectivity index (χ2n) is 10.7. The number of phenols is 1. The van der Waals surface area contributed by atoms with Crippen LogP contribution >= 0.6 is 0 Å². The molecule has 0 radical (unpaired) electrons. The molecule has 1 aromatic carbocycles. The molecule has 1 amide bonds. The van der Waals surface area contributed by atoms with Crippen molar-refractivity contribution in [3.05, 3.63) is 34.4 Å². The predicted octanol–water partition coefficient (Wildman–Crippen LogP) is 6.23. The first-order valence-electron chi connectivity index (χ1n) is 11.7. The highest BCUT2D eigenvalue weighted by Crippen LogP contribution is 2.54. The van der Waals surface area contributed by atoms with Gasteiger partial charge in [-0.2, -0.15) is 0 Å². The summed E-state index contributed by atoms with van der Waals surface area (Å²) in [5, 5.41) is 11.5. The van der Waals surface area contributed by atoms with Crippen molar-refractivity contribution in [2.45, 2.75) is 97.4 Å². The molecule has 0 aromatic heterocycles. The highest BCUT2D eigenvalue weighted by molar-refractivity contribution is 6.69. The van der Waals surface area contributed by atoms with E-state index in [1.54, 1.807) is 0 Å². The van der Waals surface area contributed by atoms with Gasteiger partial charge in [0.05, 0.1) is 5.56 Å². The Morgan fingerprint density at radius 3 is 2.68 bits per heavy atom. The Kier molecular flexibility index (Phi) is 6.92. The van der Waals surface area contributed by atoms with Gasteiger partial charge in [-0.1, -0.05) is 31.4 Å². The standard InChI is InChI=1S/C25H39NO4Si/c1-8-9-10-11-17-15-20-22(23(27)21(17)24(28)26-30-31(5,6)7)18-14-16(2)12-13-19(18)25(3,4)29-20/h14-15,18-19,27H,8-13H2,1-7H3,(H,26,28)/t18-,19-/m1/s1. The number of amides is 1. The molecule has 5 nitrogen and oxygen atoms in total. The van der Waals surface area contributed by atoms with Crippen LogP contribution < -0.4 is 10.2 Å². The molecule has 1 aromatic rings. The van der Waals surface area contributed by atoms with Crippen molar-refractivity contribution in [3.63, 3.8) is 0 Å². The van der Waals surface area contributed by atoms with Gasteiger partial charge < -0.3 is 14.4 Å². The summed E-state index contributed by atoms with van der Waals surface area (Å²) in [5.74, 6) is 0.699. The Hall–Kier alpha value is -1.79. The van der Waals surface area contributed by atoms with Crippen molar-refractivity contribution >= 4 is 14.2 Å². The second-order valence-corrected chi connectivity index (χ2v) is 15.1. The van der Waals surface area contributed by atoms with Gasteiger partial charge in [0.1, 0.15) is 17.1 Å². The van der Waals surface area contributed by atoms with Crippen LogP contribution in [0.15, 0.2) is 17.7 Å². The molecule has 0 bridgehead atoms. The number of benzene rings is 1. The number of rotatable bonds is 7. The average Bonchev–Trinajstić information content (AvgIpc) is 2.65. The van der Waals surface area contributed by atoms with Gasteiger partial charge in [-0.05, 0) is 77.7 Å². The fourth-order valence-electron chi connectivity index (χ4n) is 4.88. The third-order valence-electron chi connectivity index (χ3n) is 6.46. The van der Waals surface area contributed by atoms with Crippen LogP contribution in [-0.4, -0.2) is 24.9 Å². The number of carbonyl (C=O) groups is 1. The molecule has 2 atom stereocenters. The summed E-state index contributed by atoms with van der Waals surface area (Å²) in [5.41, 5.74) is 5.53. The number of unbranched alkanes of at least 4 members (excludes halogenated alkanes) is 2. The molecule has 0 unspecified atom stereocenters. The molecule has 0 spiro atoms. The number of hydrogen-bond donors (Lipinski definition) is 2. The maximum Gasteiger partial charge on any atom is 0.277 e. The Balaban J connectivity index is 2.10. The van der Waals surface area contributed by atoms with Crippen LogP contribution in [0.3, 0.4) is 0 Å². The number of phenolic OH excluding ortho intramolecular Hbond substituents is 1. The first-order valence-corrected chi connectivity index (χ1v) is 15.1. The van der Waals surface area contributed by atoms with E-state index in [2.05, 4.69) is 39.3 Å². The molecule has 2 N–H and O–H groups in total. The van der Waals surface area contributed by atoms with Crippen LogP contribution in [0, 0.1) is 5.92 Å². The Bertz CT molecular complexity index is 869. The Morgan fingerprint density at radius 1 is 1.32 bits per heavy atom. The number of hydrogen-bond acceptors (Lipinski definition) is 4. The SMILES string of the molecule is CCCCCc1cc2c(c(O)c1C(=O)NO[Si](C)(C)C)[C@@H]1C=C(C)CC[C@H]1C(C)(C)O2. The third kappa shape index (κ3) is 5.17. The maximum absolute atomic E-state index is 13.2. The van der Waals surface area contributed by atoms with Crippen LogP contribution in [0.4, 0.5) is 0 Å². The zero-order valence-electron chi connectivity index (χ0n) is 20.2. The topological polar surface area (TPSA) is 67.8 Å². The average molecular weight is 446 g/mol. The number of aromatic hydroxyl groups is 1. The van der Waals surface area contributed by atoms with Gasteiger partial charge >= 0.3 is 0 Å². The lowest BCUT2D eigenvalue weighted by molar-refractivity contribution is 0.0106. The molecule has 1 aliphatic carbocycles. The third-order valence-corrected chi connectivity index (χ3v) is 7.17. The number of ether oxygens (including phenoxy) is 1. The molecule has 2 aliphatic rings. The monoisotopic (exact) mass is 445 g/mol.